The number of aryl methyl sites for hydroxylation is 1. The van der Waals surface area contributed by atoms with E-state index in [0.29, 0.717) is 12.2 Å². The summed E-state index contributed by atoms with van der Waals surface area (Å²) in [7, 11) is 0. The first-order valence-electron chi connectivity index (χ1n) is 5.39. The molecule has 2 rings (SSSR count). The van der Waals surface area contributed by atoms with Crippen molar-refractivity contribution in [3.8, 4) is 0 Å². The molecule has 0 bridgehead atoms. The van der Waals surface area contributed by atoms with Gasteiger partial charge in [-0.15, -0.1) is 0 Å². The Morgan fingerprint density at radius 1 is 1.56 bits per heavy atom. The minimum atomic E-state index is -0.368. The smallest absolute Gasteiger partial charge is 0.128 e. The van der Waals surface area contributed by atoms with Crippen molar-refractivity contribution >= 4 is 11.8 Å². The van der Waals surface area contributed by atoms with E-state index in [0.717, 1.165) is 17.1 Å². The van der Waals surface area contributed by atoms with Crippen LogP contribution < -0.4 is 5.73 Å². The van der Waals surface area contributed by atoms with E-state index in [4.69, 9.17) is 10.5 Å². The van der Waals surface area contributed by atoms with Crippen molar-refractivity contribution in [2.75, 3.05) is 18.1 Å². The van der Waals surface area contributed by atoms with Crippen molar-refractivity contribution in [1.82, 2.24) is 0 Å². The molecule has 1 aliphatic rings. The molecule has 2 atom stereocenters. The Morgan fingerprint density at radius 3 is 3.06 bits per heavy atom. The van der Waals surface area contributed by atoms with Gasteiger partial charge in [0, 0.05) is 17.1 Å². The van der Waals surface area contributed by atoms with Gasteiger partial charge in [-0.3, -0.25) is 0 Å². The zero-order valence-corrected chi connectivity index (χ0v) is 10.1. The molecule has 2 N–H and O–H groups in total. The SMILES string of the molecule is Cc1ccc(F)c(C(N)C2CSCCO2)c1. The van der Waals surface area contributed by atoms with Crippen LogP contribution in [0.3, 0.4) is 0 Å². The van der Waals surface area contributed by atoms with Gasteiger partial charge < -0.3 is 10.5 Å². The van der Waals surface area contributed by atoms with Gasteiger partial charge in [0.15, 0.2) is 0 Å². The average molecular weight is 241 g/mol. The largest absolute Gasteiger partial charge is 0.375 e. The fourth-order valence-corrected chi connectivity index (χ4v) is 2.75. The van der Waals surface area contributed by atoms with Gasteiger partial charge in [-0.2, -0.15) is 11.8 Å². The normalized spacial score (nSPS) is 23.1. The Labute approximate surface area is 99.4 Å². The van der Waals surface area contributed by atoms with E-state index in [9.17, 15) is 4.39 Å². The molecule has 1 saturated heterocycles. The Morgan fingerprint density at radius 2 is 2.38 bits per heavy atom. The fraction of sp³-hybridized carbons (Fsp3) is 0.500. The van der Waals surface area contributed by atoms with Crippen LogP contribution in [0, 0.1) is 12.7 Å². The van der Waals surface area contributed by atoms with E-state index in [-0.39, 0.29) is 18.0 Å². The van der Waals surface area contributed by atoms with Gasteiger partial charge in [0.2, 0.25) is 0 Å². The maximum atomic E-state index is 13.6. The maximum absolute atomic E-state index is 13.6. The Balaban J connectivity index is 2.18. The zero-order chi connectivity index (χ0) is 11.5. The monoisotopic (exact) mass is 241 g/mol. The number of halogens is 1. The lowest BCUT2D eigenvalue weighted by Crippen LogP contribution is -2.35. The number of hydrogen-bond acceptors (Lipinski definition) is 3. The topological polar surface area (TPSA) is 35.2 Å². The second-order valence-electron chi connectivity index (χ2n) is 4.03. The fourth-order valence-electron chi connectivity index (χ4n) is 1.83. The first kappa shape index (κ1) is 11.9. The summed E-state index contributed by atoms with van der Waals surface area (Å²) in [5, 5.41) is 0. The molecule has 16 heavy (non-hydrogen) atoms. The molecule has 1 aromatic rings. The molecule has 1 aromatic carbocycles. The van der Waals surface area contributed by atoms with Crippen LogP contribution in [0.4, 0.5) is 4.39 Å². The van der Waals surface area contributed by atoms with Crippen LogP contribution in [0.15, 0.2) is 18.2 Å². The third-order valence-electron chi connectivity index (χ3n) is 2.75. The van der Waals surface area contributed by atoms with Crippen molar-refractivity contribution in [3.63, 3.8) is 0 Å². The van der Waals surface area contributed by atoms with E-state index in [2.05, 4.69) is 0 Å². The Kier molecular flexibility index (Phi) is 3.84. The highest BCUT2D eigenvalue weighted by molar-refractivity contribution is 7.99. The number of hydrogen-bond donors (Lipinski definition) is 1. The molecule has 0 amide bonds. The molecule has 0 aliphatic carbocycles. The molecular weight excluding hydrogens is 225 g/mol. The van der Waals surface area contributed by atoms with Crippen LogP contribution in [-0.4, -0.2) is 24.2 Å². The van der Waals surface area contributed by atoms with Gasteiger partial charge in [0.25, 0.3) is 0 Å². The van der Waals surface area contributed by atoms with Crippen LogP contribution in [-0.2, 0) is 4.74 Å². The number of rotatable bonds is 2. The van der Waals surface area contributed by atoms with E-state index < -0.39 is 0 Å². The molecule has 2 nitrogen and oxygen atoms in total. The molecule has 4 heteroatoms. The van der Waals surface area contributed by atoms with Crippen LogP contribution >= 0.6 is 11.8 Å². The first-order chi connectivity index (χ1) is 7.68. The molecule has 0 spiro atoms. The number of thioether (sulfide) groups is 1. The van der Waals surface area contributed by atoms with E-state index in [1.807, 2.05) is 24.8 Å². The molecule has 1 heterocycles. The molecule has 0 saturated carbocycles. The van der Waals surface area contributed by atoms with Crippen molar-refractivity contribution in [3.05, 3.63) is 35.1 Å². The second-order valence-corrected chi connectivity index (χ2v) is 5.18. The van der Waals surface area contributed by atoms with Crippen LogP contribution in [0.5, 0.6) is 0 Å². The molecule has 1 aliphatic heterocycles. The third kappa shape index (κ3) is 2.56. The quantitative estimate of drug-likeness (QED) is 0.862. The van der Waals surface area contributed by atoms with E-state index in [1.165, 1.54) is 6.07 Å². The summed E-state index contributed by atoms with van der Waals surface area (Å²) < 4.78 is 19.2. The molecule has 0 aromatic heterocycles. The van der Waals surface area contributed by atoms with Crippen LogP contribution in [0.25, 0.3) is 0 Å². The molecule has 0 radical (unpaired) electrons. The lowest BCUT2D eigenvalue weighted by Gasteiger charge is -2.28. The predicted molar refractivity (Wildman–Crippen MR) is 65.1 cm³/mol. The van der Waals surface area contributed by atoms with Crippen molar-refractivity contribution in [1.29, 1.82) is 0 Å². The Hall–Kier alpha value is -0.580. The summed E-state index contributed by atoms with van der Waals surface area (Å²) in [4.78, 5) is 0. The highest BCUT2D eigenvalue weighted by atomic mass is 32.2. The summed E-state index contributed by atoms with van der Waals surface area (Å²) in [6, 6.07) is 4.67. The number of benzene rings is 1. The summed E-state index contributed by atoms with van der Waals surface area (Å²) in [5.74, 6) is 1.60. The maximum Gasteiger partial charge on any atom is 0.128 e. The van der Waals surface area contributed by atoms with Gasteiger partial charge in [-0.05, 0) is 13.0 Å². The second kappa shape index (κ2) is 5.17. The van der Waals surface area contributed by atoms with Gasteiger partial charge in [0.1, 0.15) is 5.82 Å². The van der Waals surface area contributed by atoms with E-state index >= 15 is 0 Å². The Bertz CT molecular complexity index is 366. The van der Waals surface area contributed by atoms with Crippen LogP contribution in [0.2, 0.25) is 0 Å². The predicted octanol–water partition coefficient (Wildman–Crippen LogP) is 2.27. The number of nitrogens with two attached hydrogens (primary N) is 1. The van der Waals surface area contributed by atoms with Gasteiger partial charge in [-0.25, -0.2) is 4.39 Å². The molecule has 1 fully saturated rings. The summed E-state index contributed by atoms with van der Waals surface area (Å²) >= 11 is 1.81. The molecule has 88 valence electrons. The van der Waals surface area contributed by atoms with E-state index in [1.54, 1.807) is 6.07 Å². The summed E-state index contributed by atoms with van der Waals surface area (Å²) in [6.07, 6.45) is -0.0740. The van der Waals surface area contributed by atoms with Crippen molar-refractivity contribution in [2.24, 2.45) is 5.73 Å². The molecule has 2 unspecified atom stereocenters. The minimum Gasteiger partial charge on any atom is -0.375 e. The highest BCUT2D eigenvalue weighted by Gasteiger charge is 2.25. The van der Waals surface area contributed by atoms with Crippen LogP contribution in [0.1, 0.15) is 17.2 Å². The lowest BCUT2D eigenvalue weighted by atomic mass is 10.0. The van der Waals surface area contributed by atoms with Crippen molar-refractivity contribution in [2.45, 2.75) is 19.1 Å². The average Bonchev–Trinajstić information content (AvgIpc) is 2.32. The highest BCUT2D eigenvalue weighted by Crippen LogP contribution is 2.26. The van der Waals surface area contributed by atoms with Gasteiger partial charge in [0.05, 0.1) is 18.8 Å². The lowest BCUT2D eigenvalue weighted by molar-refractivity contribution is 0.0561. The summed E-state index contributed by atoms with van der Waals surface area (Å²) in [5.41, 5.74) is 7.65. The first-order valence-corrected chi connectivity index (χ1v) is 6.55. The molecular formula is C12H16FNOS. The standard InChI is InChI=1S/C12H16FNOS/c1-8-2-3-10(13)9(6-8)12(14)11-7-16-5-4-15-11/h2-3,6,11-12H,4-5,7,14H2,1H3. The van der Waals surface area contributed by atoms with Gasteiger partial charge in [-0.1, -0.05) is 17.7 Å². The summed E-state index contributed by atoms with van der Waals surface area (Å²) in [6.45, 7) is 2.64. The number of ether oxygens (including phenoxy) is 1. The minimum absolute atomic E-state index is 0.0740. The zero-order valence-electron chi connectivity index (χ0n) is 9.28. The van der Waals surface area contributed by atoms with Crippen molar-refractivity contribution < 1.29 is 9.13 Å². The van der Waals surface area contributed by atoms with Gasteiger partial charge >= 0.3 is 0 Å². The third-order valence-corrected chi connectivity index (χ3v) is 3.77.